The molecule has 0 saturated carbocycles. The number of H-pyrrole nitrogens is 1. The van der Waals surface area contributed by atoms with Gasteiger partial charge in [0.2, 0.25) is 0 Å². The van der Waals surface area contributed by atoms with Crippen LogP contribution in [0.1, 0.15) is 10.5 Å². The van der Waals surface area contributed by atoms with Crippen LogP contribution in [0.3, 0.4) is 0 Å². The maximum absolute atomic E-state index is 11.6. The van der Waals surface area contributed by atoms with E-state index >= 15 is 0 Å². The van der Waals surface area contributed by atoms with Crippen LogP contribution < -0.4 is 11.1 Å². The minimum atomic E-state index is -0.299. The summed E-state index contributed by atoms with van der Waals surface area (Å²) in [5.74, 6) is 0.0999. The van der Waals surface area contributed by atoms with Gasteiger partial charge in [-0.25, -0.2) is 4.98 Å². The number of nitrogen functional groups attached to an aromatic ring is 1. The lowest BCUT2D eigenvalue weighted by atomic mass is 10.4. The van der Waals surface area contributed by atoms with Crippen LogP contribution in [-0.2, 0) is 0 Å². The quantitative estimate of drug-likeness (QED) is 0.667. The average molecular weight is 203 g/mol. The molecule has 0 spiro atoms. The molecule has 0 bridgehead atoms. The monoisotopic (exact) mass is 203 g/mol. The van der Waals surface area contributed by atoms with Gasteiger partial charge in [-0.2, -0.15) is 0 Å². The number of hydrogen-bond donors (Lipinski definition) is 3. The van der Waals surface area contributed by atoms with E-state index in [2.05, 4.69) is 20.3 Å². The van der Waals surface area contributed by atoms with E-state index in [9.17, 15) is 4.79 Å². The minimum Gasteiger partial charge on any atom is -0.397 e. The molecule has 0 aliphatic heterocycles. The zero-order chi connectivity index (χ0) is 10.7. The lowest BCUT2D eigenvalue weighted by molar-refractivity contribution is 0.102. The first-order chi connectivity index (χ1) is 7.25. The van der Waals surface area contributed by atoms with E-state index in [1.54, 1.807) is 12.3 Å². The standard InChI is InChI=1S/C9H9N5O/c10-6-3-7(13-4-6)9(15)14-8-5-11-1-2-12-8/h1-5,13H,10H2,(H,12,14,15). The van der Waals surface area contributed by atoms with Crippen LogP contribution in [0.4, 0.5) is 11.5 Å². The predicted molar refractivity (Wildman–Crippen MR) is 55.2 cm³/mol. The van der Waals surface area contributed by atoms with Crippen molar-refractivity contribution in [3.8, 4) is 0 Å². The van der Waals surface area contributed by atoms with Crippen LogP contribution in [0.5, 0.6) is 0 Å². The number of aromatic amines is 1. The van der Waals surface area contributed by atoms with Crippen LogP contribution in [-0.4, -0.2) is 20.9 Å². The van der Waals surface area contributed by atoms with Crippen LogP contribution in [0.15, 0.2) is 30.9 Å². The molecule has 0 aliphatic rings. The first-order valence-electron chi connectivity index (χ1n) is 4.27. The van der Waals surface area contributed by atoms with E-state index in [4.69, 9.17) is 5.73 Å². The SMILES string of the molecule is Nc1c[nH]c(C(=O)Nc2cnccn2)c1. The van der Waals surface area contributed by atoms with Crippen LogP contribution >= 0.6 is 0 Å². The molecule has 2 rings (SSSR count). The summed E-state index contributed by atoms with van der Waals surface area (Å²) in [5.41, 5.74) is 6.37. The Labute approximate surface area is 85.6 Å². The summed E-state index contributed by atoms with van der Waals surface area (Å²) >= 11 is 0. The fraction of sp³-hybridized carbons (Fsp3) is 0. The summed E-state index contributed by atoms with van der Waals surface area (Å²) in [7, 11) is 0. The lowest BCUT2D eigenvalue weighted by Gasteiger charge is -2.00. The Morgan fingerprint density at radius 3 is 2.93 bits per heavy atom. The molecule has 0 unspecified atom stereocenters. The van der Waals surface area contributed by atoms with Gasteiger partial charge in [0.15, 0.2) is 5.82 Å². The summed E-state index contributed by atoms with van der Waals surface area (Å²) in [6.07, 6.45) is 6.04. The van der Waals surface area contributed by atoms with Gasteiger partial charge in [0.05, 0.1) is 6.20 Å². The van der Waals surface area contributed by atoms with E-state index in [0.29, 0.717) is 17.2 Å². The number of nitrogens with two attached hydrogens (primary N) is 1. The Hall–Kier alpha value is -2.37. The van der Waals surface area contributed by atoms with Crippen molar-refractivity contribution in [3.63, 3.8) is 0 Å². The molecule has 2 heterocycles. The number of carbonyl (C=O) groups excluding carboxylic acids is 1. The van der Waals surface area contributed by atoms with Gasteiger partial charge in [-0.05, 0) is 6.07 Å². The van der Waals surface area contributed by atoms with Gasteiger partial charge >= 0.3 is 0 Å². The summed E-state index contributed by atoms with van der Waals surface area (Å²) in [5, 5.41) is 2.57. The Balaban J connectivity index is 2.11. The molecule has 0 aromatic carbocycles. The summed E-state index contributed by atoms with van der Waals surface area (Å²) in [6, 6.07) is 1.55. The molecule has 0 atom stereocenters. The molecule has 0 fully saturated rings. The van der Waals surface area contributed by atoms with Crippen molar-refractivity contribution < 1.29 is 4.79 Å². The summed E-state index contributed by atoms with van der Waals surface area (Å²) in [6.45, 7) is 0. The first kappa shape index (κ1) is 9.20. The number of nitrogens with one attached hydrogen (secondary N) is 2. The predicted octanol–water partition coefficient (Wildman–Crippen LogP) is 0.639. The minimum absolute atomic E-state index is 0.299. The van der Waals surface area contributed by atoms with Crippen molar-refractivity contribution in [1.29, 1.82) is 0 Å². The lowest BCUT2D eigenvalue weighted by Crippen LogP contribution is -2.13. The highest BCUT2D eigenvalue weighted by Crippen LogP contribution is 2.07. The van der Waals surface area contributed by atoms with E-state index in [-0.39, 0.29) is 5.91 Å². The molecule has 0 saturated heterocycles. The van der Waals surface area contributed by atoms with Crippen LogP contribution in [0.2, 0.25) is 0 Å². The van der Waals surface area contributed by atoms with Gasteiger partial charge in [0, 0.05) is 24.3 Å². The molecule has 4 N–H and O–H groups in total. The van der Waals surface area contributed by atoms with Crippen molar-refractivity contribution >= 4 is 17.4 Å². The Bertz CT molecular complexity index is 464. The molecule has 6 nitrogen and oxygen atoms in total. The molecular weight excluding hydrogens is 194 g/mol. The maximum atomic E-state index is 11.6. The number of nitrogens with zero attached hydrogens (tertiary/aromatic N) is 2. The van der Waals surface area contributed by atoms with E-state index < -0.39 is 0 Å². The normalized spacial score (nSPS) is 9.87. The highest BCUT2D eigenvalue weighted by molar-refractivity contribution is 6.02. The smallest absolute Gasteiger partial charge is 0.273 e. The summed E-state index contributed by atoms with van der Waals surface area (Å²) in [4.78, 5) is 22.0. The van der Waals surface area contributed by atoms with Gasteiger partial charge in [0.25, 0.3) is 5.91 Å². The zero-order valence-corrected chi connectivity index (χ0v) is 7.77. The average Bonchev–Trinajstić information content (AvgIpc) is 2.66. The van der Waals surface area contributed by atoms with Gasteiger partial charge in [-0.15, -0.1) is 0 Å². The fourth-order valence-electron chi connectivity index (χ4n) is 1.09. The molecule has 0 aliphatic carbocycles. The Morgan fingerprint density at radius 2 is 2.33 bits per heavy atom. The van der Waals surface area contributed by atoms with E-state index in [0.717, 1.165) is 0 Å². The van der Waals surface area contributed by atoms with Crippen molar-refractivity contribution in [1.82, 2.24) is 15.0 Å². The third-order valence-corrected chi connectivity index (χ3v) is 1.75. The second kappa shape index (κ2) is 3.79. The van der Waals surface area contributed by atoms with Gasteiger partial charge < -0.3 is 16.0 Å². The zero-order valence-electron chi connectivity index (χ0n) is 7.77. The fourth-order valence-corrected chi connectivity index (χ4v) is 1.09. The topological polar surface area (TPSA) is 96.7 Å². The highest BCUT2D eigenvalue weighted by Gasteiger charge is 2.07. The highest BCUT2D eigenvalue weighted by atomic mass is 16.1. The maximum Gasteiger partial charge on any atom is 0.273 e. The molecule has 1 amide bonds. The molecule has 76 valence electrons. The number of aromatic nitrogens is 3. The van der Waals surface area contributed by atoms with Gasteiger partial charge in [-0.3, -0.25) is 9.78 Å². The van der Waals surface area contributed by atoms with Crippen LogP contribution in [0.25, 0.3) is 0 Å². The van der Waals surface area contributed by atoms with E-state index in [1.165, 1.54) is 18.6 Å². The van der Waals surface area contributed by atoms with Crippen LogP contribution in [0, 0.1) is 0 Å². The largest absolute Gasteiger partial charge is 0.397 e. The molecule has 2 aromatic heterocycles. The number of amides is 1. The molecule has 2 aromatic rings. The molecule has 15 heavy (non-hydrogen) atoms. The Morgan fingerprint density at radius 1 is 1.47 bits per heavy atom. The third kappa shape index (κ3) is 2.11. The second-order valence-corrected chi connectivity index (χ2v) is 2.89. The second-order valence-electron chi connectivity index (χ2n) is 2.89. The molecule has 0 radical (unpaired) electrons. The summed E-state index contributed by atoms with van der Waals surface area (Å²) < 4.78 is 0. The van der Waals surface area contributed by atoms with Gasteiger partial charge in [0.1, 0.15) is 5.69 Å². The third-order valence-electron chi connectivity index (χ3n) is 1.75. The molecule has 6 heteroatoms. The van der Waals surface area contributed by atoms with Crippen molar-refractivity contribution in [3.05, 3.63) is 36.5 Å². The Kier molecular flexibility index (Phi) is 2.32. The number of hydrogen-bond acceptors (Lipinski definition) is 4. The van der Waals surface area contributed by atoms with Crippen molar-refractivity contribution in [2.75, 3.05) is 11.1 Å². The number of carbonyl (C=O) groups is 1. The first-order valence-corrected chi connectivity index (χ1v) is 4.27. The van der Waals surface area contributed by atoms with Crippen molar-refractivity contribution in [2.24, 2.45) is 0 Å². The number of anilines is 2. The molecular formula is C9H9N5O. The van der Waals surface area contributed by atoms with E-state index in [1.807, 2.05) is 0 Å². The number of rotatable bonds is 2. The van der Waals surface area contributed by atoms with Gasteiger partial charge in [-0.1, -0.05) is 0 Å². The van der Waals surface area contributed by atoms with Crippen molar-refractivity contribution in [2.45, 2.75) is 0 Å².